The van der Waals surface area contributed by atoms with Crippen molar-refractivity contribution in [3.8, 4) is 0 Å². The standard InChI is InChI=1S/C17H20BrN/c1-12-7-13(2)9-15(8-12)16(11-19)10-14-5-3-4-6-17(14)18/h3-9,16H,10-11,19H2,1-2H3. The Morgan fingerprint density at radius 1 is 1.05 bits per heavy atom. The second-order valence-electron chi connectivity index (χ2n) is 5.15. The molecule has 1 atom stereocenters. The Morgan fingerprint density at radius 3 is 2.26 bits per heavy atom. The lowest BCUT2D eigenvalue weighted by molar-refractivity contribution is 0.691. The summed E-state index contributed by atoms with van der Waals surface area (Å²) in [4.78, 5) is 0. The molecule has 2 aromatic rings. The maximum absolute atomic E-state index is 5.99. The molecule has 0 fully saturated rings. The molecule has 2 heteroatoms. The van der Waals surface area contributed by atoms with Gasteiger partial charge in [0.1, 0.15) is 0 Å². The first kappa shape index (κ1) is 14.3. The normalized spacial score (nSPS) is 12.4. The average Bonchev–Trinajstić information content (AvgIpc) is 2.36. The van der Waals surface area contributed by atoms with Crippen molar-refractivity contribution in [1.29, 1.82) is 0 Å². The fraction of sp³-hybridized carbons (Fsp3) is 0.294. The van der Waals surface area contributed by atoms with E-state index in [0.29, 0.717) is 12.5 Å². The van der Waals surface area contributed by atoms with Gasteiger partial charge in [0, 0.05) is 10.4 Å². The van der Waals surface area contributed by atoms with Crippen LogP contribution in [0.1, 0.15) is 28.2 Å². The molecule has 2 N–H and O–H groups in total. The van der Waals surface area contributed by atoms with Crippen molar-refractivity contribution in [3.05, 3.63) is 69.2 Å². The lowest BCUT2D eigenvalue weighted by Gasteiger charge is -2.17. The second-order valence-corrected chi connectivity index (χ2v) is 6.00. The van der Waals surface area contributed by atoms with E-state index in [0.717, 1.165) is 10.9 Å². The van der Waals surface area contributed by atoms with Gasteiger partial charge in [0.15, 0.2) is 0 Å². The number of halogens is 1. The molecule has 2 rings (SSSR count). The maximum Gasteiger partial charge on any atom is 0.0207 e. The number of hydrogen-bond acceptors (Lipinski definition) is 1. The van der Waals surface area contributed by atoms with Crippen LogP contribution in [0, 0.1) is 13.8 Å². The number of aryl methyl sites for hydroxylation is 2. The zero-order chi connectivity index (χ0) is 13.8. The molecule has 0 saturated heterocycles. The Labute approximate surface area is 124 Å². The molecule has 100 valence electrons. The van der Waals surface area contributed by atoms with Gasteiger partial charge in [-0.15, -0.1) is 0 Å². The number of rotatable bonds is 4. The molecular weight excluding hydrogens is 298 g/mol. The topological polar surface area (TPSA) is 26.0 Å². The fourth-order valence-electron chi connectivity index (χ4n) is 2.51. The molecule has 0 amide bonds. The number of benzene rings is 2. The predicted octanol–water partition coefficient (Wildman–Crippen LogP) is 4.35. The van der Waals surface area contributed by atoms with E-state index in [-0.39, 0.29) is 0 Å². The van der Waals surface area contributed by atoms with Crippen LogP contribution in [0.5, 0.6) is 0 Å². The molecule has 0 spiro atoms. The molecule has 1 nitrogen and oxygen atoms in total. The lowest BCUT2D eigenvalue weighted by atomic mass is 9.90. The van der Waals surface area contributed by atoms with E-state index in [9.17, 15) is 0 Å². The summed E-state index contributed by atoms with van der Waals surface area (Å²) < 4.78 is 1.16. The van der Waals surface area contributed by atoms with Crippen LogP contribution >= 0.6 is 15.9 Å². The van der Waals surface area contributed by atoms with E-state index in [2.05, 4.69) is 66.2 Å². The smallest absolute Gasteiger partial charge is 0.0207 e. The van der Waals surface area contributed by atoms with E-state index in [1.165, 1.54) is 22.3 Å². The molecular formula is C17H20BrN. The van der Waals surface area contributed by atoms with Crippen LogP contribution in [0.25, 0.3) is 0 Å². The SMILES string of the molecule is Cc1cc(C)cc(C(CN)Cc2ccccc2Br)c1. The van der Waals surface area contributed by atoms with Crippen molar-refractivity contribution in [2.45, 2.75) is 26.2 Å². The van der Waals surface area contributed by atoms with Crippen molar-refractivity contribution in [2.75, 3.05) is 6.54 Å². The molecule has 2 aromatic carbocycles. The molecule has 1 unspecified atom stereocenters. The summed E-state index contributed by atoms with van der Waals surface area (Å²) in [6, 6.07) is 15.1. The first-order valence-electron chi connectivity index (χ1n) is 6.62. The van der Waals surface area contributed by atoms with Gasteiger partial charge in [-0.2, -0.15) is 0 Å². The summed E-state index contributed by atoms with van der Waals surface area (Å²) in [7, 11) is 0. The van der Waals surface area contributed by atoms with Gasteiger partial charge in [0.25, 0.3) is 0 Å². The van der Waals surface area contributed by atoms with Crippen molar-refractivity contribution >= 4 is 15.9 Å². The Balaban J connectivity index is 2.28. The van der Waals surface area contributed by atoms with Gasteiger partial charge in [-0.3, -0.25) is 0 Å². The molecule has 0 radical (unpaired) electrons. The third-order valence-corrected chi connectivity index (χ3v) is 4.20. The van der Waals surface area contributed by atoms with Gasteiger partial charge in [0.2, 0.25) is 0 Å². The van der Waals surface area contributed by atoms with Crippen molar-refractivity contribution in [2.24, 2.45) is 5.73 Å². The number of hydrogen-bond donors (Lipinski definition) is 1. The maximum atomic E-state index is 5.99. The third-order valence-electron chi connectivity index (χ3n) is 3.42. The van der Waals surface area contributed by atoms with Crippen LogP contribution in [0.3, 0.4) is 0 Å². The monoisotopic (exact) mass is 317 g/mol. The molecule has 0 aliphatic rings. The average molecular weight is 318 g/mol. The van der Waals surface area contributed by atoms with Crippen molar-refractivity contribution in [1.82, 2.24) is 0 Å². The van der Waals surface area contributed by atoms with Gasteiger partial charge < -0.3 is 5.73 Å². The molecule has 0 aromatic heterocycles. The minimum atomic E-state index is 0.372. The molecule has 0 aliphatic heterocycles. The second kappa shape index (κ2) is 6.36. The van der Waals surface area contributed by atoms with Gasteiger partial charge in [-0.1, -0.05) is 63.5 Å². The van der Waals surface area contributed by atoms with Gasteiger partial charge >= 0.3 is 0 Å². The molecule has 0 bridgehead atoms. The van der Waals surface area contributed by atoms with Crippen LogP contribution in [-0.2, 0) is 6.42 Å². The minimum Gasteiger partial charge on any atom is -0.330 e. The van der Waals surface area contributed by atoms with Gasteiger partial charge in [0.05, 0.1) is 0 Å². The van der Waals surface area contributed by atoms with E-state index < -0.39 is 0 Å². The van der Waals surface area contributed by atoms with E-state index in [4.69, 9.17) is 5.73 Å². The summed E-state index contributed by atoms with van der Waals surface area (Å²) in [5, 5.41) is 0. The van der Waals surface area contributed by atoms with Crippen LogP contribution in [-0.4, -0.2) is 6.54 Å². The summed E-state index contributed by atoms with van der Waals surface area (Å²) in [5.74, 6) is 0.372. The summed E-state index contributed by atoms with van der Waals surface area (Å²) >= 11 is 3.61. The molecule has 19 heavy (non-hydrogen) atoms. The van der Waals surface area contributed by atoms with Crippen LogP contribution in [0.4, 0.5) is 0 Å². The highest BCUT2D eigenvalue weighted by molar-refractivity contribution is 9.10. The summed E-state index contributed by atoms with van der Waals surface area (Å²) in [6.07, 6.45) is 0.973. The first-order valence-corrected chi connectivity index (χ1v) is 7.41. The van der Waals surface area contributed by atoms with Crippen LogP contribution in [0.2, 0.25) is 0 Å². The first-order chi connectivity index (χ1) is 9.10. The highest BCUT2D eigenvalue weighted by atomic mass is 79.9. The highest BCUT2D eigenvalue weighted by Crippen LogP contribution is 2.26. The van der Waals surface area contributed by atoms with E-state index in [1.807, 2.05) is 6.07 Å². The summed E-state index contributed by atoms with van der Waals surface area (Å²) in [5.41, 5.74) is 11.3. The Hall–Kier alpha value is -1.12. The largest absolute Gasteiger partial charge is 0.330 e. The van der Waals surface area contributed by atoms with E-state index in [1.54, 1.807) is 0 Å². The van der Waals surface area contributed by atoms with E-state index >= 15 is 0 Å². The highest BCUT2D eigenvalue weighted by Gasteiger charge is 2.13. The van der Waals surface area contributed by atoms with Crippen molar-refractivity contribution < 1.29 is 0 Å². The predicted molar refractivity (Wildman–Crippen MR) is 85.6 cm³/mol. The van der Waals surface area contributed by atoms with Crippen LogP contribution < -0.4 is 5.73 Å². The van der Waals surface area contributed by atoms with Gasteiger partial charge in [-0.25, -0.2) is 0 Å². The quantitative estimate of drug-likeness (QED) is 0.891. The zero-order valence-corrected chi connectivity index (χ0v) is 13.1. The lowest BCUT2D eigenvalue weighted by Crippen LogP contribution is -2.15. The van der Waals surface area contributed by atoms with Gasteiger partial charge in [-0.05, 0) is 44.0 Å². The zero-order valence-electron chi connectivity index (χ0n) is 11.5. The fourth-order valence-corrected chi connectivity index (χ4v) is 2.96. The molecule has 0 aliphatic carbocycles. The van der Waals surface area contributed by atoms with Crippen LogP contribution in [0.15, 0.2) is 46.9 Å². The Morgan fingerprint density at radius 2 is 1.68 bits per heavy atom. The summed E-state index contributed by atoms with van der Waals surface area (Å²) in [6.45, 7) is 4.95. The Bertz CT molecular complexity index is 543. The molecule has 0 saturated carbocycles. The van der Waals surface area contributed by atoms with Crippen molar-refractivity contribution in [3.63, 3.8) is 0 Å². The third kappa shape index (κ3) is 3.68. The minimum absolute atomic E-state index is 0.372. The molecule has 0 heterocycles. The number of nitrogens with two attached hydrogens (primary N) is 1. The Kier molecular flexibility index (Phi) is 4.78.